The number of carboxylic acids is 1. The van der Waals surface area contributed by atoms with Crippen molar-refractivity contribution in [2.24, 2.45) is 11.8 Å². The number of carbonyl (C=O) groups is 1. The molecule has 0 saturated heterocycles. The molecule has 1 aromatic carbocycles. The minimum Gasteiger partial charge on any atom is -0.481 e. The second-order valence-corrected chi connectivity index (χ2v) is 5.84. The Balaban J connectivity index is 1.87. The first-order chi connectivity index (χ1) is 9.04. The first kappa shape index (κ1) is 12.2. The van der Waals surface area contributed by atoms with E-state index in [0.717, 1.165) is 35.3 Å². The Kier molecular flexibility index (Phi) is 2.81. The molecule has 19 heavy (non-hydrogen) atoms. The van der Waals surface area contributed by atoms with Gasteiger partial charge in [0.1, 0.15) is 5.82 Å². The van der Waals surface area contributed by atoms with E-state index >= 15 is 0 Å². The minimum atomic E-state index is -0.685. The third-order valence-corrected chi connectivity index (χ3v) is 3.69. The molecule has 0 radical (unpaired) electrons. The van der Waals surface area contributed by atoms with E-state index in [1.807, 2.05) is 12.1 Å². The predicted molar refractivity (Wildman–Crippen MR) is 73.1 cm³/mol. The fourth-order valence-electron chi connectivity index (χ4n) is 2.63. The van der Waals surface area contributed by atoms with E-state index < -0.39 is 5.97 Å². The molecule has 1 aliphatic carbocycles. The molecule has 1 fully saturated rings. The average Bonchev–Trinajstić information content (AvgIpc) is 3.03. The highest BCUT2D eigenvalue weighted by Crippen LogP contribution is 2.47. The monoisotopic (exact) mass is 258 g/mol. The predicted octanol–water partition coefficient (Wildman–Crippen LogP) is 2.95. The number of fused-ring (bicyclic) bond motifs is 1. The van der Waals surface area contributed by atoms with E-state index in [1.165, 1.54) is 0 Å². The summed E-state index contributed by atoms with van der Waals surface area (Å²) in [6, 6.07) is 6.05. The molecule has 3 rings (SSSR count). The molecule has 1 heterocycles. The number of nitrogens with one attached hydrogen (secondary N) is 1. The third kappa shape index (κ3) is 2.35. The molecule has 1 aliphatic rings. The highest BCUT2D eigenvalue weighted by atomic mass is 16.4. The van der Waals surface area contributed by atoms with E-state index in [1.54, 1.807) is 0 Å². The topological polar surface area (TPSA) is 66.0 Å². The van der Waals surface area contributed by atoms with E-state index in [2.05, 4.69) is 29.9 Å². The summed E-state index contributed by atoms with van der Waals surface area (Å²) in [6.45, 7) is 4.33. The quantitative estimate of drug-likeness (QED) is 0.886. The molecule has 2 atom stereocenters. The highest BCUT2D eigenvalue weighted by Gasteiger charge is 2.44. The standard InChI is InChI=1S/C15H18N2O2/c1-8(2)5-14-16-12-4-3-9(6-13(12)17-14)10-7-11(10)15(18)19/h3-4,6,8,10-11H,5,7H2,1-2H3,(H,16,17)(H,18,19). The van der Waals surface area contributed by atoms with E-state index in [0.29, 0.717) is 5.92 Å². The van der Waals surface area contributed by atoms with Crippen molar-refractivity contribution in [2.75, 3.05) is 0 Å². The molecule has 1 saturated carbocycles. The van der Waals surface area contributed by atoms with Crippen molar-refractivity contribution in [3.8, 4) is 0 Å². The van der Waals surface area contributed by atoms with Crippen molar-refractivity contribution in [1.82, 2.24) is 9.97 Å². The Bertz CT molecular complexity index is 630. The lowest BCUT2D eigenvalue weighted by Gasteiger charge is -1.99. The molecular formula is C15H18N2O2. The second kappa shape index (κ2) is 4.37. The maximum absolute atomic E-state index is 10.9. The van der Waals surface area contributed by atoms with Crippen LogP contribution in [-0.2, 0) is 11.2 Å². The van der Waals surface area contributed by atoms with Gasteiger partial charge in [0.15, 0.2) is 0 Å². The van der Waals surface area contributed by atoms with Crippen LogP contribution in [0.5, 0.6) is 0 Å². The molecule has 0 amide bonds. The van der Waals surface area contributed by atoms with Gasteiger partial charge in [-0.2, -0.15) is 0 Å². The van der Waals surface area contributed by atoms with Crippen LogP contribution in [0.2, 0.25) is 0 Å². The minimum absolute atomic E-state index is 0.179. The maximum Gasteiger partial charge on any atom is 0.307 e. The molecule has 2 aromatic rings. The third-order valence-electron chi connectivity index (χ3n) is 3.69. The number of imidazole rings is 1. The maximum atomic E-state index is 10.9. The van der Waals surface area contributed by atoms with Crippen molar-refractivity contribution in [3.63, 3.8) is 0 Å². The van der Waals surface area contributed by atoms with Gasteiger partial charge in [0.25, 0.3) is 0 Å². The van der Waals surface area contributed by atoms with Crippen LogP contribution in [-0.4, -0.2) is 21.0 Å². The van der Waals surface area contributed by atoms with Crippen molar-refractivity contribution in [1.29, 1.82) is 0 Å². The Morgan fingerprint density at radius 3 is 2.95 bits per heavy atom. The zero-order valence-corrected chi connectivity index (χ0v) is 11.2. The molecule has 100 valence electrons. The summed E-state index contributed by atoms with van der Waals surface area (Å²) in [5.41, 5.74) is 3.09. The SMILES string of the molecule is CC(C)Cc1nc2ccc(C3CC3C(=O)O)cc2[nH]1. The smallest absolute Gasteiger partial charge is 0.307 e. The number of aromatic nitrogens is 2. The Hall–Kier alpha value is -1.84. The van der Waals surface area contributed by atoms with Crippen LogP contribution in [0, 0.1) is 11.8 Å². The Morgan fingerprint density at radius 2 is 2.32 bits per heavy atom. The van der Waals surface area contributed by atoms with Crippen LogP contribution >= 0.6 is 0 Å². The molecular weight excluding hydrogens is 240 g/mol. The summed E-state index contributed by atoms with van der Waals surface area (Å²) in [5, 5.41) is 8.98. The summed E-state index contributed by atoms with van der Waals surface area (Å²) < 4.78 is 0. The summed E-state index contributed by atoms with van der Waals surface area (Å²) in [7, 11) is 0. The zero-order valence-electron chi connectivity index (χ0n) is 11.2. The second-order valence-electron chi connectivity index (χ2n) is 5.84. The summed E-state index contributed by atoms with van der Waals surface area (Å²) in [5.74, 6) is 0.872. The van der Waals surface area contributed by atoms with Crippen LogP contribution in [0.4, 0.5) is 0 Å². The van der Waals surface area contributed by atoms with Gasteiger partial charge >= 0.3 is 5.97 Å². The highest BCUT2D eigenvalue weighted by molar-refractivity contribution is 5.79. The fourth-order valence-corrected chi connectivity index (χ4v) is 2.63. The number of hydrogen-bond acceptors (Lipinski definition) is 2. The Morgan fingerprint density at radius 1 is 1.53 bits per heavy atom. The zero-order chi connectivity index (χ0) is 13.6. The van der Waals surface area contributed by atoms with Gasteiger partial charge in [-0.25, -0.2) is 4.98 Å². The molecule has 1 aromatic heterocycles. The summed E-state index contributed by atoms with van der Waals surface area (Å²) in [4.78, 5) is 18.8. The van der Waals surface area contributed by atoms with Gasteiger partial charge in [0.05, 0.1) is 17.0 Å². The van der Waals surface area contributed by atoms with Crippen molar-refractivity contribution in [3.05, 3.63) is 29.6 Å². The lowest BCUT2D eigenvalue weighted by Crippen LogP contribution is -1.98. The molecule has 2 N–H and O–H groups in total. The van der Waals surface area contributed by atoms with Crippen LogP contribution in [0.15, 0.2) is 18.2 Å². The molecule has 4 nitrogen and oxygen atoms in total. The van der Waals surface area contributed by atoms with Crippen LogP contribution in [0.25, 0.3) is 11.0 Å². The van der Waals surface area contributed by atoms with Crippen LogP contribution in [0.3, 0.4) is 0 Å². The number of aromatic amines is 1. The van der Waals surface area contributed by atoms with Crippen LogP contribution in [0.1, 0.15) is 37.6 Å². The largest absolute Gasteiger partial charge is 0.481 e. The fraction of sp³-hybridized carbons (Fsp3) is 0.467. The number of nitrogens with zero attached hydrogens (tertiary/aromatic N) is 1. The van der Waals surface area contributed by atoms with Gasteiger partial charge in [-0.05, 0) is 36.0 Å². The summed E-state index contributed by atoms with van der Waals surface area (Å²) in [6.07, 6.45) is 1.69. The van der Waals surface area contributed by atoms with Gasteiger partial charge < -0.3 is 10.1 Å². The Labute approximate surface area is 111 Å². The van der Waals surface area contributed by atoms with Gasteiger partial charge in [0, 0.05) is 6.42 Å². The van der Waals surface area contributed by atoms with Gasteiger partial charge in [-0.15, -0.1) is 0 Å². The van der Waals surface area contributed by atoms with Crippen molar-refractivity contribution in [2.45, 2.75) is 32.6 Å². The molecule has 0 bridgehead atoms. The molecule has 0 spiro atoms. The van der Waals surface area contributed by atoms with Gasteiger partial charge in [-0.1, -0.05) is 19.9 Å². The average molecular weight is 258 g/mol. The molecule has 4 heteroatoms. The number of H-pyrrole nitrogens is 1. The molecule has 0 aliphatic heterocycles. The number of aliphatic carboxylic acids is 1. The van der Waals surface area contributed by atoms with Crippen molar-refractivity contribution >= 4 is 17.0 Å². The first-order valence-electron chi connectivity index (χ1n) is 6.76. The normalized spacial score (nSPS) is 22.1. The summed E-state index contributed by atoms with van der Waals surface area (Å²) >= 11 is 0. The first-order valence-corrected chi connectivity index (χ1v) is 6.76. The van der Waals surface area contributed by atoms with E-state index in [-0.39, 0.29) is 11.8 Å². The number of rotatable bonds is 4. The van der Waals surface area contributed by atoms with E-state index in [4.69, 9.17) is 5.11 Å². The number of hydrogen-bond donors (Lipinski definition) is 2. The van der Waals surface area contributed by atoms with E-state index in [9.17, 15) is 4.79 Å². The van der Waals surface area contributed by atoms with Crippen LogP contribution < -0.4 is 0 Å². The lowest BCUT2D eigenvalue weighted by atomic mass is 10.1. The number of carboxylic acid groups (broad SMARTS) is 1. The lowest BCUT2D eigenvalue weighted by molar-refractivity contribution is -0.138. The van der Waals surface area contributed by atoms with Crippen molar-refractivity contribution < 1.29 is 9.90 Å². The van der Waals surface area contributed by atoms with Gasteiger partial charge in [-0.3, -0.25) is 4.79 Å². The molecule has 2 unspecified atom stereocenters. The van der Waals surface area contributed by atoms with Gasteiger partial charge in [0.2, 0.25) is 0 Å². The number of benzene rings is 1.